The minimum atomic E-state index is -0.137. The highest BCUT2D eigenvalue weighted by Gasteiger charge is 2.33. The number of allylic oxidation sites excluding steroid dienone is 1. The van der Waals surface area contributed by atoms with Gasteiger partial charge in [0, 0.05) is 25.5 Å². The van der Waals surface area contributed by atoms with Crippen LogP contribution in [0.25, 0.3) is 6.08 Å². The maximum Gasteiger partial charge on any atom is 0.231 e. The molecule has 6 rings (SSSR count). The third-order valence-corrected chi connectivity index (χ3v) is 5.53. The standard InChI is InChI=1S/C24H18N2O5/c27-23-17-2-4-19-18(12-26(13-28-19)11-15-5-7-25-8-6-15)24(17)31-22(23)10-16-1-3-20-21(9-16)30-14-29-20/h1-10H,11-14H2/b22-10-. The summed E-state index contributed by atoms with van der Waals surface area (Å²) >= 11 is 0. The zero-order chi connectivity index (χ0) is 20.8. The molecule has 3 aliphatic heterocycles. The Hall–Kier alpha value is -3.84. The van der Waals surface area contributed by atoms with Gasteiger partial charge in [0.25, 0.3) is 0 Å². The summed E-state index contributed by atoms with van der Waals surface area (Å²) in [5.41, 5.74) is 3.40. The molecule has 0 atom stereocenters. The number of fused-ring (bicyclic) bond motifs is 4. The van der Waals surface area contributed by atoms with Crippen molar-refractivity contribution in [3.05, 3.63) is 82.9 Å². The van der Waals surface area contributed by atoms with Crippen LogP contribution in [0.4, 0.5) is 0 Å². The predicted octanol–water partition coefficient (Wildman–Crippen LogP) is 3.78. The molecule has 0 saturated heterocycles. The molecule has 31 heavy (non-hydrogen) atoms. The molecule has 0 spiro atoms. The number of pyridine rings is 1. The Bertz CT molecular complexity index is 1220. The third-order valence-electron chi connectivity index (χ3n) is 5.53. The summed E-state index contributed by atoms with van der Waals surface area (Å²) in [5.74, 6) is 2.84. The number of carbonyl (C=O) groups is 1. The van der Waals surface area contributed by atoms with Crippen molar-refractivity contribution in [1.29, 1.82) is 0 Å². The van der Waals surface area contributed by atoms with Gasteiger partial charge in [-0.05, 0) is 53.6 Å². The summed E-state index contributed by atoms with van der Waals surface area (Å²) in [6, 6.07) is 13.1. The molecule has 4 heterocycles. The predicted molar refractivity (Wildman–Crippen MR) is 111 cm³/mol. The first-order valence-electron chi connectivity index (χ1n) is 9.98. The van der Waals surface area contributed by atoms with Gasteiger partial charge in [0.2, 0.25) is 12.6 Å². The maximum absolute atomic E-state index is 13.0. The fourth-order valence-electron chi connectivity index (χ4n) is 4.01. The van der Waals surface area contributed by atoms with Crippen LogP contribution in [-0.2, 0) is 13.1 Å². The minimum Gasteiger partial charge on any atom is -0.478 e. The SMILES string of the molecule is O=C1/C(=C/c2ccc3c(c2)OCO3)Oc2c1ccc1c2CN(Cc2ccncc2)CO1. The molecule has 0 radical (unpaired) electrons. The van der Waals surface area contributed by atoms with E-state index in [2.05, 4.69) is 9.88 Å². The number of aromatic nitrogens is 1. The molecule has 0 N–H and O–H groups in total. The van der Waals surface area contributed by atoms with E-state index in [9.17, 15) is 4.79 Å². The summed E-state index contributed by atoms with van der Waals surface area (Å²) in [6.07, 6.45) is 5.29. The monoisotopic (exact) mass is 414 g/mol. The van der Waals surface area contributed by atoms with E-state index in [1.54, 1.807) is 24.5 Å². The van der Waals surface area contributed by atoms with Crippen LogP contribution in [0.15, 0.2) is 60.6 Å². The molecule has 3 aromatic rings. The fourth-order valence-corrected chi connectivity index (χ4v) is 4.01. The highest BCUT2D eigenvalue weighted by Crippen LogP contribution is 2.42. The Kier molecular flexibility index (Phi) is 4.14. The summed E-state index contributed by atoms with van der Waals surface area (Å²) in [4.78, 5) is 19.2. The summed E-state index contributed by atoms with van der Waals surface area (Å²) in [6.45, 7) is 2.03. The van der Waals surface area contributed by atoms with E-state index in [1.807, 2.05) is 36.4 Å². The molecule has 0 fully saturated rings. The van der Waals surface area contributed by atoms with E-state index in [0.717, 1.165) is 29.0 Å². The average Bonchev–Trinajstić information content (AvgIpc) is 3.39. The second-order valence-corrected chi connectivity index (χ2v) is 7.59. The highest BCUT2D eigenvalue weighted by molar-refractivity contribution is 6.15. The van der Waals surface area contributed by atoms with Gasteiger partial charge in [0.15, 0.2) is 17.3 Å². The topological polar surface area (TPSA) is 70.1 Å². The number of ketones is 1. The molecule has 3 aliphatic rings. The molecule has 1 aromatic heterocycles. The van der Waals surface area contributed by atoms with Gasteiger partial charge < -0.3 is 18.9 Å². The van der Waals surface area contributed by atoms with Crippen molar-refractivity contribution in [2.24, 2.45) is 0 Å². The van der Waals surface area contributed by atoms with Crippen LogP contribution in [0, 0.1) is 0 Å². The summed E-state index contributed by atoms with van der Waals surface area (Å²) in [5, 5.41) is 0. The maximum atomic E-state index is 13.0. The average molecular weight is 414 g/mol. The van der Waals surface area contributed by atoms with Crippen molar-refractivity contribution < 1.29 is 23.7 Å². The fraction of sp³-hybridized carbons (Fsp3) is 0.167. The van der Waals surface area contributed by atoms with Crippen molar-refractivity contribution in [1.82, 2.24) is 9.88 Å². The van der Waals surface area contributed by atoms with Crippen LogP contribution in [0.1, 0.15) is 27.0 Å². The zero-order valence-electron chi connectivity index (χ0n) is 16.5. The van der Waals surface area contributed by atoms with Crippen molar-refractivity contribution in [3.63, 3.8) is 0 Å². The van der Waals surface area contributed by atoms with Crippen LogP contribution in [-0.4, -0.2) is 29.2 Å². The molecule has 0 unspecified atom stereocenters. The Morgan fingerprint density at radius 3 is 2.71 bits per heavy atom. The largest absolute Gasteiger partial charge is 0.478 e. The first-order valence-corrected chi connectivity index (χ1v) is 9.98. The quantitative estimate of drug-likeness (QED) is 0.604. The number of nitrogens with zero attached hydrogens (tertiary/aromatic N) is 2. The lowest BCUT2D eigenvalue weighted by molar-refractivity contribution is 0.0872. The van der Waals surface area contributed by atoms with Gasteiger partial charge in [-0.2, -0.15) is 0 Å². The van der Waals surface area contributed by atoms with Gasteiger partial charge in [0.1, 0.15) is 18.2 Å². The lowest BCUT2D eigenvalue weighted by atomic mass is 10.0. The van der Waals surface area contributed by atoms with Gasteiger partial charge in [-0.15, -0.1) is 0 Å². The van der Waals surface area contributed by atoms with E-state index in [-0.39, 0.29) is 18.3 Å². The van der Waals surface area contributed by atoms with Gasteiger partial charge >= 0.3 is 0 Å². The molecule has 7 heteroatoms. The Morgan fingerprint density at radius 2 is 1.81 bits per heavy atom. The smallest absolute Gasteiger partial charge is 0.231 e. The van der Waals surface area contributed by atoms with Crippen LogP contribution in [0.2, 0.25) is 0 Å². The lowest BCUT2D eigenvalue weighted by Crippen LogP contribution is -2.31. The summed E-state index contributed by atoms with van der Waals surface area (Å²) < 4.78 is 22.8. The zero-order valence-corrected chi connectivity index (χ0v) is 16.5. The number of hydrogen-bond donors (Lipinski definition) is 0. The Morgan fingerprint density at radius 1 is 0.968 bits per heavy atom. The third kappa shape index (κ3) is 3.19. The highest BCUT2D eigenvalue weighted by atomic mass is 16.7. The number of Topliss-reactive ketones (excluding diaryl/α,β-unsaturated/α-hetero) is 1. The normalized spacial score (nSPS) is 17.8. The minimum absolute atomic E-state index is 0.137. The van der Waals surface area contributed by atoms with Gasteiger partial charge in [-0.25, -0.2) is 0 Å². The van der Waals surface area contributed by atoms with Gasteiger partial charge in [0.05, 0.1) is 11.1 Å². The van der Waals surface area contributed by atoms with E-state index >= 15 is 0 Å². The van der Waals surface area contributed by atoms with E-state index < -0.39 is 0 Å². The van der Waals surface area contributed by atoms with E-state index in [1.165, 1.54) is 0 Å². The van der Waals surface area contributed by atoms with Crippen LogP contribution >= 0.6 is 0 Å². The van der Waals surface area contributed by atoms with Crippen molar-refractivity contribution in [2.75, 3.05) is 13.5 Å². The van der Waals surface area contributed by atoms with Crippen LogP contribution < -0.4 is 18.9 Å². The number of carbonyl (C=O) groups excluding carboxylic acids is 1. The molecule has 2 aromatic carbocycles. The second kappa shape index (κ2) is 7.14. The second-order valence-electron chi connectivity index (χ2n) is 7.59. The van der Waals surface area contributed by atoms with Crippen LogP contribution in [0.3, 0.4) is 0 Å². The molecule has 0 aliphatic carbocycles. The molecule has 0 amide bonds. The first kappa shape index (κ1) is 18.0. The van der Waals surface area contributed by atoms with Crippen molar-refractivity contribution in [3.8, 4) is 23.0 Å². The Labute approximate surface area is 178 Å². The Balaban J connectivity index is 1.29. The van der Waals surface area contributed by atoms with Gasteiger partial charge in [-0.1, -0.05) is 6.07 Å². The van der Waals surface area contributed by atoms with Crippen molar-refractivity contribution >= 4 is 11.9 Å². The molecule has 7 nitrogen and oxygen atoms in total. The lowest BCUT2D eigenvalue weighted by Gasteiger charge is -2.29. The molecule has 154 valence electrons. The molecule has 0 saturated carbocycles. The molecular weight excluding hydrogens is 396 g/mol. The van der Waals surface area contributed by atoms with E-state index in [0.29, 0.717) is 36.1 Å². The summed E-state index contributed by atoms with van der Waals surface area (Å²) in [7, 11) is 0. The molecular formula is C24H18N2O5. The van der Waals surface area contributed by atoms with Crippen molar-refractivity contribution in [2.45, 2.75) is 13.1 Å². The van der Waals surface area contributed by atoms with E-state index in [4.69, 9.17) is 18.9 Å². The number of benzene rings is 2. The number of rotatable bonds is 3. The molecule has 0 bridgehead atoms. The van der Waals surface area contributed by atoms with Crippen LogP contribution in [0.5, 0.6) is 23.0 Å². The first-order chi connectivity index (χ1) is 15.2. The van der Waals surface area contributed by atoms with Gasteiger partial charge in [-0.3, -0.25) is 14.7 Å². The number of ether oxygens (including phenoxy) is 4. The number of hydrogen-bond acceptors (Lipinski definition) is 7.